The highest BCUT2D eigenvalue weighted by molar-refractivity contribution is 9.10. The number of carboxylic acid groups (broad SMARTS) is 1. The monoisotopic (exact) mass is 390 g/mol. The smallest absolute Gasteiger partial charge is 0.341 e. The van der Waals surface area contributed by atoms with Crippen molar-refractivity contribution in [2.75, 3.05) is 6.61 Å². The van der Waals surface area contributed by atoms with Crippen molar-refractivity contribution in [3.05, 3.63) is 64.1 Å². The molecular weight excluding hydrogens is 376 g/mol. The summed E-state index contributed by atoms with van der Waals surface area (Å²) in [4.78, 5) is 22.3. The Bertz CT molecular complexity index is 745. The largest absolute Gasteiger partial charge is 0.482 e. The summed E-state index contributed by atoms with van der Waals surface area (Å²) in [6, 6.07) is 14.2. The van der Waals surface area contributed by atoms with Gasteiger partial charge in [-0.1, -0.05) is 40.2 Å². The number of hydrogen-bond donors (Lipinski definition) is 2. The molecule has 0 aliphatic heterocycles. The van der Waals surface area contributed by atoms with E-state index >= 15 is 0 Å². The molecule has 2 N–H and O–H groups in total. The van der Waals surface area contributed by atoms with Crippen LogP contribution in [0.3, 0.4) is 0 Å². The Kier molecular flexibility index (Phi) is 6.51. The van der Waals surface area contributed by atoms with E-state index in [1.165, 1.54) is 6.21 Å². The van der Waals surface area contributed by atoms with Gasteiger partial charge in [-0.05, 0) is 35.4 Å². The highest BCUT2D eigenvalue weighted by Crippen LogP contribution is 2.12. The van der Waals surface area contributed by atoms with E-state index in [9.17, 15) is 9.59 Å². The normalized spacial score (nSPS) is 10.5. The summed E-state index contributed by atoms with van der Waals surface area (Å²) in [5, 5.41) is 12.5. The number of aliphatic carboxylic acids is 1. The van der Waals surface area contributed by atoms with Crippen LogP contribution in [-0.4, -0.2) is 29.8 Å². The molecule has 0 aliphatic rings. The van der Waals surface area contributed by atoms with Crippen molar-refractivity contribution in [2.45, 2.75) is 6.42 Å². The van der Waals surface area contributed by atoms with E-state index in [0.717, 1.165) is 10.0 Å². The Hall–Kier alpha value is -2.67. The topological polar surface area (TPSA) is 88.0 Å². The molecule has 2 aromatic carbocycles. The van der Waals surface area contributed by atoms with Crippen LogP contribution in [0.1, 0.15) is 11.1 Å². The predicted molar refractivity (Wildman–Crippen MR) is 93.2 cm³/mol. The summed E-state index contributed by atoms with van der Waals surface area (Å²) in [5.74, 6) is -0.858. The summed E-state index contributed by atoms with van der Waals surface area (Å²) in [5.41, 5.74) is 4.01. The van der Waals surface area contributed by atoms with Gasteiger partial charge in [0, 0.05) is 4.47 Å². The second-order valence-electron chi connectivity index (χ2n) is 4.85. The summed E-state index contributed by atoms with van der Waals surface area (Å²) in [7, 11) is 0. The molecule has 6 nitrogen and oxygen atoms in total. The van der Waals surface area contributed by atoms with Crippen LogP contribution in [0.25, 0.3) is 0 Å². The highest BCUT2D eigenvalue weighted by atomic mass is 79.9. The van der Waals surface area contributed by atoms with Crippen LogP contribution in [0, 0.1) is 0 Å². The van der Waals surface area contributed by atoms with Crippen LogP contribution in [0.15, 0.2) is 58.1 Å². The Morgan fingerprint density at radius 1 is 1.21 bits per heavy atom. The third kappa shape index (κ3) is 6.21. The number of amides is 1. The Morgan fingerprint density at radius 3 is 2.67 bits per heavy atom. The van der Waals surface area contributed by atoms with Gasteiger partial charge in [-0.25, -0.2) is 10.2 Å². The number of nitrogens with one attached hydrogen (secondary N) is 1. The van der Waals surface area contributed by atoms with Crippen LogP contribution in [0.4, 0.5) is 0 Å². The van der Waals surface area contributed by atoms with E-state index in [1.54, 1.807) is 24.3 Å². The highest BCUT2D eigenvalue weighted by Gasteiger charge is 2.02. The number of carbonyl (C=O) groups excluding carboxylic acids is 1. The van der Waals surface area contributed by atoms with E-state index in [4.69, 9.17) is 9.84 Å². The number of carboxylic acids is 1. The maximum atomic E-state index is 11.8. The zero-order valence-corrected chi connectivity index (χ0v) is 14.2. The number of hydrogen-bond acceptors (Lipinski definition) is 4. The van der Waals surface area contributed by atoms with Gasteiger partial charge < -0.3 is 9.84 Å². The number of halogens is 1. The number of nitrogens with zero attached hydrogens (tertiary/aromatic N) is 1. The van der Waals surface area contributed by atoms with Crippen LogP contribution in [0.2, 0.25) is 0 Å². The van der Waals surface area contributed by atoms with E-state index < -0.39 is 12.6 Å². The maximum Gasteiger partial charge on any atom is 0.341 e. The average molecular weight is 391 g/mol. The fourth-order valence-corrected chi connectivity index (χ4v) is 2.10. The minimum atomic E-state index is -1.05. The van der Waals surface area contributed by atoms with Gasteiger partial charge in [0.15, 0.2) is 6.61 Å². The molecule has 24 heavy (non-hydrogen) atoms. The molecule has 0 aromatic heterocycles. The first-order valence-electron chi connectivity index (χ1n) is 7.04. The molecule has 124 valence electrons. The van der Waals surface area contributed by atoms with E-state index in [0.29, 0.717) is 11.3 Å². The Balaban J connectivity index is 1.86. The number of rotatable bonds is 7. The molecule has 0 aliphatic carbocycles. The van der Waals surface area contributed by atoms with Crippen LogP contribution in [-0.2, 0) is 16.0 Å². The molecule has 1 amide bonds. The molecule has 2 aromatic rings. The fraction of sp³-hybridized carbons (Fsp3) is 0.118. The summed E-state index contributed by atoms with van der Waals surface area (Å²) < 4.78 is 6.03. The first-order chi connectivity index (χ1) is 11.5. The van der Waals surface area contributed by atoms with Crippen molar-refractivity contribution >= 4 is 34.0 Å². The van der Waals surface area contributed by atoms with Gasteiger partial charge in [0.1, 0.15) is 5.75 Å². The second-order valence-corrected chi connectivity index (χ2v) is 5.77. The molecule has 0 saturated heterocycles. The van der Waals surface area contributed by atoms with E-state index in [2.05, 4.69) is 26.5 Å². The molecule has 7 heteroatoms. The van der Waals surface area contributed by atoms with Gasteiger partial charge >= 0.3 is 5.97 Å². The van der Waals surface area contributed by atoms with Gasteiger partial charge in [-0.3, -0.25) is 4.79 Å². The second kappa shape index (κ2) is 8.83. The van der Waals surface area contributed by atoms with Gasteiger partial charge in [0.05, 0.1) is 12.6 Å². The molecule has 0 unspecified atom stereocenters. The van der Waals surface area contributed by atoms with Crippen molar-refractivity contribution in [3.8, 4) is 5.75 Å². The Morgan fingerprint density at radius 2 is 1.96 bits per heavy atom. The van der Waals surface area contributed by atoms with Crippen LogP contribution < -0.4 is 10.2 Å². The van der Waals surface area contributed by atoms with E-state index in [1.807, 2.05) is 24.3 Å². The Labute approximate surface area is 147 Å². The molecule has 0 bridgehead atoms. The van der Waals surface area contributed by atoms with E-state index in [-0.39, 0.29) is 12.3 Å². The first-order valence-corrected chi connectivity index (χ1v) is 7.83. The van der Waals surface area contributed by atoms with Gasteiger partial charge in [0.2, 0.25) is 5.91 Å². The lowest BCUT2D eigenvalue weighted by atomic mass is 10.1. The quantitative estimate of drug-likeness (QED) is 0.561. The molecule has 0 heterocycles. The maximum absolute atomic E-state index is 11.8. The molecule has 0 atom stereocenters. The zero-order chi connectivity index (χ0) is 17.4. The lowest BCUT2D eigenvalue weighted by Crippen LogP contribution is -2.19. The van der Waals surface area contributed by atoms with Gasteiger partial charge in [0.25, 0.3) is 0 Å². The van der Waals surface area contributed by atoms with Gasteiger partial charge in [-0.15, -0.1) is 0 Å². The number of ether oxygens (including phenoxy) is 1. The molecule has 0 fully saturated rings. The standard InChI is InChI=1S/C17H15BrN2O4/c18-14-6-4-12(5-7-14)9-16(21)20-19-10-13-2-1-3-15(8-13)24-11-17(22)23/h1-8,10H,9,11H2,(H,20,21)(H,22,23)/b19-10+. The predicted octanol–water partition coefficient (Wildman–Crippen LogP) is 2.61. The fourth-order valence-electron chi connectivity index (χ4n) is 1.84. The zero-order valence-electron chi connectivity index (χ0n) is 12.6. The molecule has 0 radical (unpaired) electrons. The number of hydrazone groups is 1. The van der Waals surface area contributed by atoms with Crippen molar-refractivity contribution in [1.82, 2.24) is 5.43 Å². The lowest BCUT2D eigenvalue weighted by Gasteiger charge is -2.03. The number of carbonyl (C=O) groups is 2. The number of benzene rings is 2. The third-order valence-corrected chi connectivity index (χ3v) is 3.43. The average Bonchev–Trinajstić information content (AvgIpc) is 2.55. The first kappa shape index (κ1) is 17.7. The summed E-state index contributed by atoms with van der Waals surface area (Å²) >= 11 is 3.34. The van der Waals surface area contributed by atoms with Crippen molar-refractivity contribution in [2.24, 2.45) is 5.10 Å². The van der Waals surface area contributed by atoms with Gasteiger partial charge in [-0.2, -0.15) is 5.10 Å². The third-order valence-electron chi connectivity index (χ3n) is 2.90. The molecule has 0 spiro atoms. The summed E-state index contributed by atoms with van der Waals surface area (Å²) in [6.07, 6.45) is 1.69. The van der Waals surface area contributed by atoms with Crippen molar-refractivity contribution in [1.29, 1.82) is 0 Å². The molecule has 2 rings (SSSR count). The summed E-state index contributed by atoms with van der Waals surface area (Å²) in [6.45, 7) is -0.412. The minimum absolute atomic E-state index is 0.229. The van der Waals surface area contributed by atoms with Crippen molar-refractivity contribution in [3.63, 3.8) is 0 Å². The molecular formula is C17H15BrN2O4. The van der Waals surface area contributed by atoms with Crippen molar-refractivity contribution < 1.29 is 19.4 Å². The van der Waals surface area contributed by atoms with Crippen LogP contribution >= 0.6 is 15.9 Å². The SMILES string of the molecule is O=C(O)COc1cccc(/C=N/NC(=O)Cc2ccc(Br)cc2)c1. The minimum Gasteiger partial charge on any atom is -0.482 e. The lowest BCUT2D eigenvalue weighted by molar-refractivity contribution is -0.139. The van der Waals surface area contributed by atoms with Crippen LogP contribution in [0.5, 0.6) is 5.75 Å². The molecule has 0 saturated carbocycles.